The van der Waals surface area contributed by atoms with Crippen LogP contribution in [0.25, 0.3) is 0 Å². The number of hydrogen-bond acceptors (Lipinski definition) is 3. The standard InChI is InChI=1S/C16H26N2O/c1-4-13-10-9-12(2)18(13)15(11-17)14-7-5-6-8-16(14)19-3/h5-8,12-13,15H,4,9-11,17H2,1-3H3. The Morgan fingerprint density at radius 2 is 2.11 bits per heavy atom. The summed E-state index contributed by atoms with van der Waals surface area (Å²) in [7, 11) is 1.73. The molecule has 106 valence electrons. The van der Waals surface area contributed by atoms with Gasteiger partial charge < -0.3 is 10.5 Å². The van der Waals surface area contributed by atoms with E-state index < -0.39 is 0 Å². The van der Waals surface area contributed by atoms with Crippen LogP contribution in [0, 0.1) is 0 Å². The number of benzene rings is 1. The largest absolute Gasteiger partial charge is 0.496 e. The van der Waals surface area contributed by atoms with Gasteiger partial charge in [-0.05, 0) is 32.3 Å². The second kappa shape index (κ2) is 6.40. The lowest BCUT2D eigenvalue weighted by Gasteiger charge is -2.36. The molecule has 1 aromatic carbocycles. The number of ether oxygens (including phenoxy) is 1. The zero-order valence-corrected chi connectivity index (χ0v) is 12.3. The van der Waals surface area contributed by atoms with E-state index in [1.165, 1.54) is 24.8 Å². The Morgan fingerprint density at radius 3 is 2.74 bits per heavy atom. The summed E-state index contributed by atoms with van der Waals surface area (Å²) in [5.41, 5.74) is 7.31. The number of para-hydroxylation sites is 1. The maximum Gasteiger partial charge on any atom is 0.123 e. The van der Waals surface area contributed by atoms with Crippen LogP contribution in [-0.2, 0) is 0 Å². The molecule has 0 bridgehead atoms. The normalized spacial score (nSPS) is 25.5. The molecule has 1 aliphatic heterocycles. The molecule has 0 radical (unpaired) electrons. The van der Waals surface area contributed by atoms with Gasteiger partial charge in [0.1, 0.15) is 5.75 Å². The van der Waals surface area contributed by atoms with Gasteiger partial charge in [0.2, 0.25) is 0 Å². The Kier molecular flexibility index (Phi) is 4.83. The molecule has 3 unspecified atom stereocenters. The smallest absolute Gasteiger partial charge is 0.123 e. The van der Waals surface area contributed by atoms with Crippen LogP contribution >= 0.6 is 0 Å². The van der Waals surface area contributed by atoms with Gasteiger partial charge in [0.15, 0.2) is 0 Å². The van der Waals surface area contributed by atoms with Crippen LogP contribution in [0.15, 0.2) is 24.3 Å². The van der Waals surface area contributed by atoms with E-state index in [4.69, 9.17) is 10.5 Å². The van der Waals surface area contributed by atoms with Gasteiger partial charge in [-0.1, -0.05) is 25.1 Å². The van der Waals surface area contributed by atoms with Gasteiger partial charge in [0, 0.05) is 24.2 Å². The summed E-state index contributed by atoms with van der Waals surface area (Å²) < 4.78 is 5.51. The number of rotatable bonds is 5. The van der Waals surface area contributed by atoms with Gasteiger partial charge in [-0.3, -0.25) is 4.90 Å². The van der Waals surface area contributed by atoms with Crippen LogP contribution in [0.4, 0.5) is 0 Å². The molecule has 2 N–H and O–H groups in total. The highest BCUT2D eigenvalue weighted by Crippen LogP contribution is 2.37. The summed E-state index contributed by atoms with van der Waals surface area (Å²) in [6.07, 6.45) is 3.74. The van der Waals surface area contributed by atoms with Gasteiger partial charge in [-0.2, -0.15) is 0 Å². The van der Waals surface area contributed by atoms with Crippen molar-refractivity contribution in [2.75, 3.05) is 13.7 Å². The summed E-state index contributed by atoms with van der Waals surface area (Å²) in [5.74, 6) is 0.951. The van der Waals surface area contributed by atoms with Gasteiger partial charge in [0.25, 0.3) is 0 Å². The lowest BCUT2D eigenvalue weighted by Crippen LogP contribution is -2.41. The van der Waals surface area contributed by atoms with Crippen molar-refractivity contribution in [2.24, 2.45) is 5.73 Å². The highest BCUT2D eigenvalue weighted by molar-refractivity contribution is 5.36. The van der Waals surface area contributed by atoms with Crippen molar-refractivity contribution in [3.8, 4) is 5.75 Å². The van der Waals surface area contributed by atoms with E-state index >= 15 is 0 Å². The van der Waals surface area contributed by atoms with Crippen molar-refractivity contribution in [3.05, 3.63) is 29.8 Å². The molecule has 19 heavy (non-hydrogen) atoms. The molecule has 0 aromatic heterocycles. The maximum absolute atomic E-state index is 6.09. The summed E-state index contributed by atoms with van der Waals surface area (Å²) in [5, 5.41) is 0. The lowest BCUT2D eigenvalue weighted by atomic mass is 10.0. The molecule has 3 heteroatoms. The van der Waals surface area contributed by atoms with Crippen molar-refractivity contribution >= 4 is 0 Å². The van der Waals surface area contributed by atoms with Crippen LogP contribution in [-0.4, -0.2) is 30.6 Å². The third-order valence-electron chi connectivity index (χ3n) is 4.40. The van der Waals surface area contributed by atoms with E-state index in [2.05, 4.69) is 30.9 Å². The number of hydrogen-bond donors (Lipinski definition) is 1. The van der Waals surface area contributed by atoms with Crippen LogP contribution in [0.3, 0.4) is 0 Å². The Labute approximate surface area is 116 Å². The number of nitrogens with two attached hydrogens (primary N) is 1. The van der Waals surface area contributed by atoms with Gasteiger partial charge in [0.05, 0.1) is 13.2 Å². The first-order valence-electron chi connectivity index (χ1n) is 7.33. The first-order valence-corrected chi connectivity index (χ1v) is 7.33. The first-order chi connectivity index (χ1) is 9.22. The SMILES string of the molecule is CCC1CCC(C)N1C(CN)c1ccccc1OC. The van der Waals surface area contributed by atoms with Crippen molar-refractivity contribution in [1.82, 2.24) is 4.90 Å². The van der Waals surface area contributed by atoms with E-state index in [1.807, 2.05) is 12.1 Å². The summed E-state index contributed by atoms with van der Waals surface area (Å²) >= 11 is 0. The van der Waals surface area contributed by atoms with E-state index in [9.17, 15) is 0 Å². The predicted octanol–water partition coefficient (Wildman–Crippen LogP) is 2.96. The molecule has 0 amide bonds. The summed E-state index contributed by atoms with van der Waals surface area (Å²) in [6.45, 7) is 5.22. The second-order valence-electron chi connectivity index (χ2n) is 5.43. The molecule has 1 aromatic rings. The minimum Gasteiger partial charge on any atom is -0.496 e. The Hall–Kier alpha value is -1.06. The predicted molar refractivity (Wildman–Crippen MR) is 79.4 cm³/mol. The average molecular weight is 262 g/mol. The first kappa shape index (κ1) is 14.4. The monoisotopic (exact) mass is 262 g/mol. The third-order valence-corrected chi connectivity index (χ3v) is 4.40. The Morgan fingerprint density at radius 1 is 1.37 bits per heavy atom. The Bertz CT molecular complexity index is 407. The van der Waals surface area contributed by atoms with Crippen LogP contribution in [0.5, 0.6) is 5.75 Å². The highest BCUT2D eigenvalue weighted by Gasteiger charge is 2.35. The number of nitrogens with zero attached hydrogens (tertiary/aromatic N) is 1. The van der Waals surface area contributed by atoms with Crippen molar-refractivity contribution in [3.63, 3.8) is 0 Å². The van der Waals surface area contributed by atoms with Gasteiger partial charge in [-0.25, -0.2) is 0 Å². The number of methoxy groups -OCH3 is 1. The fourth-order valence-electron chi connectivity index (χ4n) is 3.42. The third kappa shape index (κ3) is 2.77. The van der Waals surface area contributed by atoms with Crippen LogP contribution in [0.1, 0.15) is 44.7 Å². The van der Waals surface area contributed by atoms with Gasteiger partial charge in [-0.15, -0.1) is 0 Å². The molecule has 3 nitrogen and oxygen atoms in total. The molecule has 0 saturated carbocycles. The number of likely N-dealkylation sites (tertiary alicyclic amines) is 1. The fraction of sp³-hybridized carbons (Fsp3) is 0.625. The molecule has 1 aliphatic rings. The molecule has 0 aliphatic carbocycles. The van der Waals surface area contributed by atoms with Crippen molar-refractivity contribution in [1.29, 1.82) is 0 Å². The highest BCUT2D eigenvalue weighted by atomic mass is 16.5. The second-order valence-corrected chi connectivity index (χ2v) is 5.43. The molecule has 2 rings (SSSR count). The maximum atomic E-state index is 6.09. The molecule has 1 fully saturated rings. The van der Waals surface area contributed by atoms with Crippen LogP contribution in [0.2, 0.25) is 0 Å². The zero-order chi connectivity index (χ0) is 13.8. The molecule has 1 heterocycles. The summed E-state index contributed by atoms with van der Waals surface area (Å²) in [4.78, 5) is 2.60. The summed E-state index contributed by atoms with van der Waals surface area (Å²) in [6, 6.07) is 9.77. The topological polar surface area (TPSA) is 38.5 Å². The quantitative estimate of drug-likeness (QED) is 0.886. The molecule has 0 spiro atoms. The van der Waals surface area contributed by atoms with Crippen molar-refractivity contribution < 1.29 is 4.74 Å². The van der Waals surface area contributed by atoms with E-state index in [-0.39, 0.29) is 6.04 Å². The Balaban J connectivity index is 2.33. The zero-order valence-electron chi connectivity index (χ0n) is 12.3. The molecule has 1 saturated heterocycles. The molecular formula is C16H26N2O. The van der Waals surface area contributed by atoms with E-state index in [0.29, 0.717) is 18.6 Å². The average Bonchev–Trinajstić information content (AvgIpc) is 2.82. The molecule has 3 atom stereocenters. The van der Waals surface area contributed by atoms with Gasteiger partial charge >= 0.3 is 0 Å². The fourth-order valence-corrected chi connectivity index (χ4v) is 3.42. The van der Waals surface area contributed by atoms with E-state index in [1.54, 1.807) is 7.11 Å². The lowest BCUT2D eigenvalue weighted by molar-refractivity contribution is 0.134. The minimum absolute atomic E-state index is 0.263. The van der Waals surface area contributed by atoms with Crippen LogP contribution < -0.4 is 10.5 Å². The molecular weight excluding hydrogens is 236 g/mol. The van der Waals surface area contributed by atoms with E-state index in [0.717, 1.165) is 5.75 Å². The minimum atomic E-state index is 0.263. The van der Waals surface area contributed by atoms with Crippen molar-refractivity contribution in [2.45, 2.75) is 51.2 Å².